The van der Waals surface area contributed by atoms with E-state index in [1.807, 2.05) is 18.2 Å². The van der Waals surface area contributed by atoms with E-state index in [0.717, 1.165) is 37.3 Å². The topological polar surface area (TPSA) is 33.2 Å². The molecule has 0 aliphatic carbocycles. The van der Waals surface area contributed by atoms with Crippen LogP contribution < -0.4 is 4.90 Å². The van der Waals surface area contributed by atoms with Gasteiger partial charge in [0.2, 0.25) is 0 Å². The van der Waals surface area contributed by atoms with Gasteiger partial charge in [0.15, 0.2) is 5.78 Å². The summed E-state index contributed by atoms with van der Waals surface area (Å²) in [6.45, 7) is 5.17. The van der Waals surface area contributed by atoms with Crippen LogP contribution in [0.5, 0.6) is 0 Å². The number of hydrogen-bond acceptors (Lipinski definition) is 3. The van der Waals surface area contributed by atoms with Crippen molar-refractivity contribution in [3.8, 4) is 0 Å². The van der Waals surface area contributed by atoms with Gasteiger partial charge in [-0.2, -0.15) is 0 Å². The molecule has 1 fully saturated rings. The number of hydrogen-bond donors (Lipinski definition) is 0. The van der Waals surface area contributed by atoms with Crippen LogP contribution in [0.2, 0.25) is 0 Å². The first-order valence-electron chi connectivity index (χ1n) is 8.00. The summed E-state index contributed by atoms with van der Waals surface area (Å²) >= 11 is 0. The molecule has 2 heterocycles. The fourth-order valence-corrected chi connectivity index (χ4v) is 3.11. The zero-order chi connectivity index (χ0) is 16.4. The molecule has 1 saturated heterocycles. The predicted octanol–water partition coefficient (Wildman–Crippen LogP) is 3.80. The van der Waals surface area contributed by atoms with Gasteiger partial charge in [-0.3, -0.25) is 4.79 Å². The van der Waals surface area contributed by atoms with E-state index in [4.69, 9.17) is 0 Å². The Morgan fingerprint density at radius 1 is 1.35 bits per heavy atom. The Morgan fingerprint density at radius 2 is 2.17 bits per heavy atom. The highest BCUT2D eigenvalue weighted by Crippen LogP contribution is 2.26. The molecular weight excluding hydrogens is 291 g/mol. The van der Waals surface area contributed by atoms with Gasteiger partial charge in [-0.1, -0.05) is 12.1 Å². The summed E-state index contributed by atoms with van der Waals surface area (Å²) in [4.78, 5) is 18.1. The van der Waals surface area contributed by atoms with Crippen molar-refractivity contribution in [2.24, 2.45) is 5.92 Å². The van der Waals surface area contributed by atoms with Gasteiger partial charge in [0, 0.05) is 24.8 Å². The number of anilines is 1. The van der Waals surface area contributed by atoms with E-state index >= 15 is 0 Å². The highest BCUT2D eigenvalue weighted by molar-refractivity contribution is 5.94. The molecule has 120 valence electrons. The SMILES string of the molecule is CC(=O)c1ccnc(N2CCC(Cc3ccc(C)c(F)c3)C2)c1. The van der Waals surface area contributed by atoms with Crippen molar-refractivity contribution in [3.05, 3.63) is 59.0 Å². The summed E-state index contributed by atoms with van der Waals surface area (Å²) in [6, 6.07) is 9.10. The van der Waals surface area contributed by atoms with Crippen molar-refractivity contribution in [1.82, 2.24) is 4.98 Å². The number of carbonyl (C=O) groups excluding carboxylic acids is 1. The fraction of sp³-hybridized carbons (Fsp3) is 0.368. The number of nitrogens with zero attached hydrogens (tertiary/aromatic N) is 2. The van der Waals surface area contributed by atoms with E-state index in [1.165, 1.54) is 0 Å². The number of aryl methyl sites for hydroxylation is 1. The minimum absolute atomic E-state index is 0.0551. The van der Waals surface area contributed by atoms with Crippen LogP contribution in [0.25, 0.3) is 0 Å². The lowest BCUT2D eigenvalue weighted by molar-refractivity contribution is 0.101. The lowest BCUT2D eigenvalue weighted by Crippen LogP contribution is -2.21. The lowest BCUT2D eigenvalue weighted by Gasteiger charge is -2.18. The lowest BCUT2D eigenvalue weighted by atomic mass is 9.98. The molecule has 0 N–H and O–H groups in total. The first kappa shape index (κ1) is 15.7. The Labute approximate surface area is 136 Å². The van der Waals surface area contributed by atoms with Crippen LogP contribution in [-0.2, 0) is 6.42 Å². The third-order valence-corrected chi connectivity index (χ3v) is 4.52. The predicted molar refractivity (Wildman–Crippen MR) is 89.4 cm³/mol. The van der Waals surface area contributed by atoms with Crippen LogP contribution in [0.15, 0.2) is 36.5 Å². The second kappa shape index (κ2) is 6.49. The number of rotatable bonds is 4. The number of Topliss-reactive ketones (excluding diaryl/α,β-unsaturated/α-hetero) is 1. The Balaban J connectivity index is 1.67. The third-order valence-electron chi connectivity index (χ3n) is 4.52. The summed E-state index contributed by atoms with van der Waals surface area (Å²) < 4.78 is 13.7. The van der Waals surface area contributed by atoms with Gasteiger partial charge in [0.05, 0.1) is 0 Å². The van der Waals surface area contributed by atoms with Gasteiger partial charge in [-0.05, 0) is 61.9 Å². The average molecular weight is 312 g/mol. The van der Waals surface area contributed by atoms with E-state index in [-0.39, 0.29) is 11.6 Å². The molecule has 0 amide bonds. The van der Waals surface area contributed by atoms with Crippen LogP contribution in [0.4, 0.5) is 10.2 Å². The summed E-state index contributed by atoms with van der Waals surface area (Å²) in [7, 11) is 0. The average Bonchev–Trinajstić information content (AvgIpc) is 2.99. The molecule has 1 aromatic carbocycles. The number of pyridine rings is 1. The summed E-state index contributed by atoms with van der Waals surface area (Å²) in [5.74, 6) is 1.27. The standard InChI is InChI=1S/C19H21FN2O/c1-13-3-4-15(10-18(13)20)9-16-6-8-22(12-16)19-11-17(14(2)23)5-7-21-19/h3-5,7,10-11,16H,6,8-9,12H2,1-2H3. The molecule has 0 saturated carbocycles. The van der Waals surface area contributed by atoms with Crippen molar-refractivity contribution < 1.29 is 9.18 Å². The second-order valence-corrected chi connectivity index (χ2v) is 6.35. The molecule has 3 nitrogen and oxygen atoms in total. The van der Waals surface area contributed by atoms with E-state index in [1.54, 1.807) is 32.2 Å². The highest BCUT2D eigenvalue weighted by atomic mass is 19.1. The van der Waals surface area contributed by atoms with Crippen LogP contribution in [0, 0.1) is 18.7 Å². The van der Waals surface area contributed by atoms with Gasteiger partial charge in [0.25, 0.3) is 0 Å². The maximum Gasteiger partial charge on any atom is 0.159 e. The monoisotopic (exact) mass is 312 g/mol. The number of halogens is 1. The van der Waals surface area contributed by atoms with Crippen molar-refractivity contribution in [1.29, 1.82) is 0 Å². The van der Waals surface area contributed by atoms with E-state index < -0.39 is 0 Å². The molecule has 2 aromatic rings. The molecule has 1 aromatic heterocycles. The normalized spacial score (nSPS) is 17.5. The van der Waals surface area contributed by atoms with Gasteiger partial charge in [-0.15, -0.1) is 0 Å². The summed E-state index contributed by atoms with van der Waals surface area (Å²) in [6.07, 6.45) is 3.62. The molecule has 0 bridgehead atoms. The van der Waals surface area contributed by atoms with Crippen molar-refractivity contribution >= 4 is 11.6 Å². The highest BCUT2D eigenvalue weighted by Gasteiger charge is 2.24. The van der Waals surface area contributed by atoms with E-state index in [0.29, 0.717) is 17.0 Å². The molecule has 0 spiro atoms. The van der Waals surface area contributed by atoms with Crippen molar-refractivity contribution in [2.45, 2.75) is 26.7 Å². The Morgan fingerprint density at radius 3 is 2.91 bits per heavy atom. The number of carbonyl (C=O) groups is 1. The zero-order valence-electron chi connectivity index (χ0n) is 13.6. The molecule has 1 aliphatic heterocycles. The van der Waals surface area contributed by atoms with Gasteiger partial charge >= 0.3 is 0 Å². The number of aromatic nitrogens is 1. The summed E-state index contributed by atoms with van der Waals surface area (Å²) in [5.41, 5.74) is 2.43. The largest absolute Gasteiger partial charge is 0.356 e. The quantitative estimate of drug-likeness (QED) is 0.805. The molecule has 1 unspecified atom stereocenters. The molecule has 23 heavy (non-hydrogen) atoms. The second-order valence-electron chi connectivity index (χ2n) is 6.35. The Kier molecular flexibility index (Phi) is 4.42. The minimum atomic E-state index is -0.131. The van der Waals surface area contributed by atoms with Gasteiger partial charge < -0.3 is 4.90 Å². The third kappa shape index (κ3) is 3.58. The molecule has 3 rings (SSSR count). The molecule has 1 aliphatic rings. The summed E-state index contributed by atoms with van der Waals surface area (Å²) in [5, 5.41) is 0. The zero-order valence-corrected chi connectivity index (χ0v) is 13.6. The Bertz CT molecular complexity index is 729. The number of benzene rings is 1. The molecular formula is C19H21FN2O. The van der Waals surface area contributed by atoms with Crippen LogP contribution >= 0.6 is 0 Å². The maximum atomic E-state index is 13.7. The minimum Gasteiger partial charge on any atom is -0.356 e. The van der Waals surface area contributed by atoms with E-state index in [2.05, 4.69) is 9.88 Å². The van der Waals surface area contributed by atoms with Crippen molar-refractivity contribution in [3.63, 3.8) is 0 Å². The smallest absolute Gasteiger partial charge is 0.159 e. The van der Waals surface area contributed by atoms with Crippen LogP contribution in [-0.4, -0.2) is 23.9 Å². The van der Waals surface area contributed by atoms with Crippen LogP contribution in [0.1, 0.15) is 34.8 Å². The molecule has 0 radical (unpaired) electrons. The van der Waals surface area contributed by atoms with Gasteiger partial charge in [-0.25, -0.2) is 9.37 Å². The molecule has 1 atom stereocenters. The Hall–Kier alpha value is -2.23. The first-order chi connectivity index (χ1) is 11.0. The van der Waals surface area contributed by atoms with Gasteiger partial charge in [0.1, 0.15) is 11.6 Å². The van der Waals surface area contributed by atoms with Crippen molar-refractivity contribution in [2.75, 3.05) is 18.0 Å². The first-order valence-corrected chi connectivity index (χ1v) is 8.00. The fourth-order valence-electron chi connectivity index (χ4n) is 3.11. The van der Waals surface area contributed by atoms with Crippen LogP contribution in [0.3, 0.4) is 0 Å². The maximum absolute atomic E-state index is 13.7. The number of ketones is 1. The van der Waals surface area contributed by atoms with E-state index in [9.17, 15) is 9.18 Å². The molecule has 4 heteroatoms.